The highest BCUT2D eigenvalue weighted by Crippen LogP contribution is 2.32. The molecule has 2 heterocycles. The first kappa shape index (κ1) is 24.2. The summed E-state index contributed by atoms with van der Waals surface area (Å²) in [5, 5.41) is 2.52. The first-order valence-corrected chi connectivity index (χ1v) is 10.3. The van der Waals surface area contributed by atoms with Gasteiger partial charge in [-0.1, -0.05) is 0 Å². The number of urea groups is 1. The molecule has 0 aromatic heterocycles. The molecule has 5 N–H and O–H groups in total. The lowest BCUT2D eigenvalue weighted by atomic mass is 9.83. The summed E-state index contributed by atoms with van der Waals surface area (Å²) < 4.78 is 5.35. The maximum atomic E-state index is 13.0. The number of likely N-dealkylation sites (N-methyl/N-ethyl adjacent to an activating group) is 1. The number of hydrogen-bond donors (Lipinski definition) is 3. The van der Waals surface area contributed by atoms with Gasteiger partial charge < -0.3 is 31.3 Å². The third kappa shape index (κ3) is 5.98. The Hall–Kier alpha value is -3.05. The van der Waals surface area contributed by atoms with Crippen LogP contribution in [0, 0.1) is 5.92 Å². The third-order valence-electron chi connectivity index (χ3n) is 5.10. The molecule has 0 aromatic rings. The smallest absolute Gasteiger partial charge is 0.410 e. The second kappa shape index (κ2) is 9.84. The Morgan fingerprint density at radius 3 is 2.23 bits per heavy atom. The van der Waals surface area contributed by atoms with Crippen LogP contribution in [0.3, 0.4) is 0 Å². The van der Waals surface area contributed by atoms with Gasteiger partial charge in [-0.2, -0.15) is 0 Å². The van der Waals surface area contributed by atoms with E-state index in [9.17, 15) is 19.2 Å². The molecule has 0 bridgehead atoms. The zero-order valence-electron chi connectivity index (χ0n) is 18.6. The molecular formula is C19H33N7O5. The predicted octanol–water partition coefficient (Wildman–Crippen LogP) is -0.714. The molecule has 2 aliphatic heterocycles. The molecule has 2 saturated heterocycles. The van der Waals surface area contributed by atoms with Gasteiger partial charge in [0.15, 0.2) is 5.96 Å². The first-order valence-electron chi connectivity index (χ1n) is 10.3. The standard InChI is InChI=1S/C19H33N7O5/c1-19(2,3)31-18(30)25-10-8-24(9-11-25)17(29)26-13(14(27)22-4)12(15(26)28)6-5-7-23-16(20)21/h12-13H,5-11H2,1-4H3,(H,22,27)(H4,20,21,23)/t12-,13+/m1/s1. The summed E-state index contributed by atoms with van der Waals surface area (Å²) in [5.74, 6) is -1.42. The topological polar surface area (TPSA) is 164 Å². The van der Waals surface area contributed by atoms with Crippen LogP contribution >= 0.6 is 0 Å². The van der Waals surface area contributed by atoms with Crippen molar-refractivity contribution in [3.05, 3.63) is 0 Å². The van der Waals surface area contributed by atoms with E-state index in [1.165, 1.54) is 16.8 Å². The number of imide groups is 1. The van der Waals surface area contributed by atoms with Gasteiger partial charge in [0.2, 0.25) is 11.8 Å². The van der Waals surface area contributed by atoms with Crippen LogP contribution in [0.4, 0.5) is 9.59 Å². The summed E-state index contributed by atoms with van der Waals surface area (Å²) >= 11 is 0. The van der Waals surface area contributed by atoms with Crippen LogP contribution in [-0.4, -0.2) is 96.0 Å². The molecule has 2 atom stereocenters. The Bertz CT molecular complexity index is 736. The van der Waals surface area contributed by atoms with E-state index in [0.717, 1.165) is 4.90 Å². The number of guanidine groups is 1. The number of carbonyl (C=O) groups excluding carboxylic acids is 4. The van der Waals surface area contributed by atoms with Gasteiger partial charge in [0.25, 0.3) is 0 Å². The summed E-state index contributed by atoms with van der Waals surface area (Å²) in [6.45, 7) is 6.76. The molecule has 5 amide bonds. The highest BCUT2D eigenvalue weighted by molar-refractivity contribution is 6.08. The lowest BCUT2D eigenvalue weighted by molar-refractivity contribution is -0.158. The highest BCUT2D eigenvalue weighted by atomic mass is 16.6. The largest absolute Gasteiger partial charge is 0.444 e. The van der Waals surface area contributed by atoms with Gasteiger partial charge in [-0.25, -0.2) is 9.59 Å². The first-order chi connectivity index (χ1) is 14.5. The van der Waals surface area contributed by atoms with Crippen molar-refractivity contribution in [3.63, 3.8) is 0 Å². The lowest BCUT2D eigenvalue weighted by Crippen LogP contribution is -2.70. The van der Waals surface area contributed by atoms with Crippen molar-refractivity contribution in [2.75, 3.05) is 39.8 Å². The van der Waals surface area contributed by atoms with Crippen molar-refractivity contribution in [1.82, 2.24) is 20.0 Å². The normalized spacial score (nSPS) is 21.3. The van der Waals surface area contributed by atoms with Crippen LogP contribution in [0.25, 0.3) is 0 Å². The summed E-state index contributed by atoms with van der Waals surface area (Å²) in [7, 11) is 1.46. The van der Waals surface area contributed by atoms with Crippen LogP contribution in [0.5, 0.6) is 0 Å². The number of nitrogens with zero attached hydrogens (tertiary/aromatic N) is 4. The monoisotopic (exact) mass is 439 g/mol. The van der Waals surface area contributed by atoms with Crippen molar-refractivity contribution >= 4 is 29.9 Å². The van der Waals surface area contributed by atoms with Crippen LogP contribution in [0.15, 0.2) is 4.99 Å². The number of amides is 5. The molecule has 0 spiro atoms. The molecule has 0 aromatic carbocycles. The zero-order chi connectivity index (χ0) is 23.3. The Morgan fingerprint density at radius 2 is 1.71 bits per heavy atom. The Labute approximate surface area is 181 Å². The van der Waals surface area contributed by atoms with E-state index in [4.69, 9.17) is 16.2 Å². The average Bonchev–Trinajstić information content (AvgIpc) is 2.69. The van der Waals surface area contributed by atoms with Crippen molar-refractivity contribution in [1.29, 1.82) is 0 Å². The Kier molecular flexibility index (Phi) is 7.69. The fourth-order valence-corrected chi connectivity index (χ4v) is 3.57. The molecule has 0 radical (unpaired) electrons. The van der Waals surface area contributed by atoms with Crippen LogP contribution in [0.1, 0.15) is 33.6 Å². The second-order valence-electron chi connectivity index (χ2n) is 8.56. The quantitative estimate of drug-likeness (QED) is 0.220. The molecule has 12 heteroatoms. The van der Waals surface area contributed by atoms with E-state index in [-0.39, 0.29) is 32.1 Å². The molecule has 174 valence electrons. The predicted molar refractivity (Wildman–Crippen MR) is 113 cm³/mol. The molecule has 2 rings (SSSR count). The maximum Gasteiger partial charge on any atom is 0.410 e. The number of aliphatic imine (C=N–C) groups is 1. The summed E-state index contributed by atoms with van der Waals surface area (Å²) in [4.78, 5) is 58.0. The van der Waals surface area contributed by atoms with E-state index in [2.05, 4.69) is 10.3 Å². The van der Waals surface area contributed by atoms with E-state index in [1.807, 2.05) is 0 Å². The third-order valence-corrected chi connectivity index (χ3v) is 5.10. The molecule has 31 heavy (non-hydrogen) atoms. The van der Waals surface area contributed by atoms with E-state index < -0.39 is 41.5 Å². The van der Waals surface area contributed by atoms with Crippen LogP contribution in [-0.2, 0) is 14.3 Å². The molecular weight excluding hydrogens is 406 g/mol. The van der Waals surface area contributed by atoms with Gasteiger partial charge in [0, 0.05) is 39.8 Å². The minimum absolute atomic E-state index is 0.0369. The van der Waals surface area contributed by atoms with Crippen molar-refractivity contribution < 1.29 is 23.9 Å². The number of ether oxygens (including phenoxy) is 1. The fourth-order valence-electron chi connectivity index (χ4n) is 3.57. The SMILES string of the molecule is CNC(=O)[C@@H]1[C@@H](CCCN=C(N)N)C(=O)N1C(=O)N1CCN(C(=O)OC(C)(C)C)CC1. The fraction of sp³-hybridized carbons (Fsp3) is 0.737. The van der Waals surface area contributed by atoms with Gasteiger partial charge >= 0.3 is 12.1 Å². The number of rotatable bonds is 5. The number of nitrogens with two attached hydrogens (primary N) is 2. The molecule has 0 aliphatic carbocycles. The van der Waals surface area contributed by atoms with Gasteiger partial charge in [0.1, 0.15) is 11.6 Å². The Morgan fingerprint density at radius 1 is 1.13 bits per heavy atom. The van der Waals surface area contributed by atoms with Crippen molar-refractivity contribution in [2.24, 2.45) is 22.4 Å². The maximum absolute atomic E-state index is 13.0. The number of piperazine rings is 1. The minimum atomic E-state index is -0.868. The number of likely N-dealkylation sites (tertiary alicyclic amines) is 1. The Balaban J connectivity index is 1.96. The van der Waals surface area contributed by atoms with Gasteiger partial charge in [0.05, 0.1) is 5.92 Å². The summed E-state index contributed by atoms with van der Waals surface area (Å²) in [5.41, 5.74) is 9.97. The number of nitrogens with one attached hydrogen (secondary N) is 1. The van der Waals surface area contributed by atoms with E-state index in [0.29, 0.717) is 19.4 Å². The number of hydrogen-bond acceptors (Lipinski definition) is 6. The van der Waals surface area contributed by atoms with Crippen molar-refractivity contribution in [3.8, 4) is 0 Å². The van der Waals surface area contributed by atoms with Gasteiger partial charge in [-0.05, 0) is 33.6 Å². The molecule has 2 fully saturated rings. The molecule has 12 nitrogen and oxygen atoms in total. The summed E-state index contributed by atoms with van der Waals surface area (Å²) in [6, 6.07) is -1.39. The van der Waals surface area contributed by atoms with Crippen molar-refractivity contribution in [2.45, 2.75) is 45.3 Å². The van der Waals surface area contributed by atoms with E-state index >= 15 is 0 Å². The highest BCUT2D eigenvalue weighted by Gasteiger charge is 2.54. The van der Waals surface area contributed by atoms with Gasteiger partial charge in [-0.3, -0.25) is 19.5 Å². The average molecular weight is 440 g/mol. The molecule has 0 unspecified atom stereocenters. The minimum Gasteiger partial charge on any atom is -0.444 e. The lowest BCUT2D eigenvalue weighted by Gasteiger charge is -2.47. The number of β-lactam (4-membered cyclic amide) rings is 1. The van der Waals surface area contributed by atoms with Gasteiger partial charge in [-0.15, -0.1) is 0 Å². The van der Waals surface area contributed by atoms with Crippen LogP contribution < -0.4 is 16.8 Å². The molecule has 0 saturated carbocycles. The summed E-state index contributed by atoms with van der Waals surface area (Å²) in [6.07, 6.45) is 0.464. The second-order valence-corrected chi connectivity index (χ2v) is 8.56. The number of carbonyl (C=O) groups is 4. The molecule has 2 aliphatic rings. The zero-order valence-corrected chi connectivity index (χ0v) is 18.6. The van der Waals surface area contributed by atoms with E-state index in [1.54, 1.807) is 20.8 Å². The van der Waals surface area contributed by atoms with Crippen LogP contribution in [0.2, 0.25) is 0 Å².